The number of urea groups is 1. The Bertz CT molecular complexity index is 486. The fourth-order valence-electron chi connectivity index (χ4n) is 2.66. The first-order chi connectivity index (χ1) is 9.22. The van der Waals surface area contributed by atoms with Crippen molar-refractivity contribution in [2.24, 2.45) is 11.7 Å². The van der Waals surface area contributed by atoms with Crippen LogP contribution in [0.25, 0.3) is 0 Å². The Balaban J connectivity index is 1.69. The highest BCUT2D eigenvalue weighted by Crippen LogP contribution is 2.22. The molecular weight excluding hydrogens is 244 g/mol. The summed E-state index contributed by atoms with van der Waals surface area (Å²) in [7, 11) is 0. The highest BCUT2D eigenvalue weighted by Gasteiger charge is 2.24. The number of nitrogens with zero attached hydrogens (tertiary/aromatic N) is 3. The van der Waals surface area contributed by atoms with Crippen LogP contribution in [0.2, 0.25) is 0 Å². The third-order valence-corrected chi connectivity index (χ3v) is 3.83. The van der Waals surface area contributed by atoms with E-state index < -0.39 is 6.03 Å². The lowest BCUT2D eigenvalue weighted by atomic mass is 9.96. The van der Waals surface area contributed by atoms with Gasteiger partial charge in [0.1, 0.15) is 5.82 Å². The van der Waals surface area contributed by atoms with E-state index in [0.29, 0.717) is 19.0 Å². The molecule has 1 aromatic heterocycles. The Morgan fingerprint density at radius 3 is 2.95 bits per heavy atom. The average molecular weight is 262 g/mol. The average Bonchev–Trinajstić information content (AvgIpc) is 2.83. The number of amides is 2. The first kappa shape index (κ1) is 12.3. The molecule has 2 aliphatic heterocycles. The molecule has 1 aromatic rings. The lowest BCUT2D eigenvalue weighted by Gasteiger charge is -2.21. The molecule has 2 aliphatic rings. The summed E-state index contributed by atoms with van der Waals surface area (Å²) in [6.45, 7) is 2.71. The van der Waals surface area contributed by atoms with Crippen molar-refractivity contribution in [3.63, 3.8) is 0 Å². The summed E-state index contributed by atoms with van der Waals surface area (Å²) in [5.41, 5.74) is 7.24. The summed E-state index contributed by atoms with van der Waals surface area (Å²) < 4.78 is 5.35. The number of fused-ring (bicyclic) bond motifs is 1. The number of carbonyl (C=O) groups is 1. The van der Waals surface area contributed by atoms with E-state index in [-0.39, 0.29) is 0 Å². The Morgan fingerprint density at radius 1 is 1.42 bits per heavy atom. The van der Waals surface area contributed by atoms with Crippen molar-refractivity contribution >= 4 is 6.03 Å². The van der Waals surface area contributed by atoms with Crippen molar-refractivity contribution in [3.05, 3.63) is 23.3 Å². The predicted octanol–water partition coefficient (Wildman–Crippen LogP) is 0.840. The van der Waals surface area contributed by atoms with Gasteiger partial charge in [-0.1, -0.05) is 0 Å². The Kier molecular flexibility index (Phi) is 3.33. The highest BCUT2D eigenvalue weighted by molar-refractivity contribution is 5.72. The number of aromatic nitrogens is 2. The van der Waals surface area contributed by atoms with Crippen LogP contribution in [0.15, 0.2) is 6.20 Å². The van der Waals surface area contributed by atoms with E-state index in [0.717, 1.165) is 49.6 Å². The van der Waals surface area contributed by atoms with Gasteiger partial charge >= 0.3 is 6.03 Å². The zero-order valence-corrected chi connectivity index (χ0v) is 10.8. The largest absolute Gasteiger partial charge is 0.381 e. The smallest absolute Gasteiger partial charge is 0.315 e. The molecule has 2 N–H and O–H groups in total. The van der Waals surface area contributed by atoms with E-state index in [1.54, 1.807) is 4.90 Å². The van der Waals surface area contributed by atoms with Crippen LogP contribution in [0, 0.1) is 5.92 Å². The maximum absolute atomic E-state index is 11.2. The van der Waals surface area contributed by atoms with Crippen molar-refractivity contribution in [3.8, 4) is 0 Å². The Morgan fingerprint density at radius 2 is 2.21 bits per heavy atom. The first-order valence-corrected chi connectivity index (χ1v) is 6.68. The van der Waals surface area contributed by atoms with E-state index in [4.69, 9.17) is 10.5 Å². The summed E-state index contributed by atoms with van der Waals surface area (Å²) >= 11 is 0. The Hall–Kier alpha value is -1.69. The van der Waals surface area contributed by atoms with Crippen LogP contribution in [0.5, 0.6) is 0 Å². The molecule has 0 aromatic carbocycles. The molecule has 0 aliphatic carbocycles. The van der Waals surface area contributed by atoms with E-state index in [9.17, 15) is 4.79 Å². The zero-order chi connectivity index (χ0) is 13.2. The number of hydrogen-bond donors (Lipinski definition) is 1. The fraction of sp³-hybridized carbons (Fsp3) is 0.615. The minimum absolute atomic E-state index is 0.399. The maximum Gasteiger partial charge on any atom is 0.315 e. The number of nitrogens with two attached hydrogens (primary N) is 1. The third-order valence-electron chi connectivity index (χ3n) is 3.83. The van der Waals surface area contributed by atoms with E-state index in [1.165, 1.54) is 0 Å². The van der Waals surface area contributed by atoms with Crippen molar-refractivity contribution in [1.29, 1.82) is 0 Å². The van der Waals surface area contributed by atoms with Crippen molar-refractivity contribution in [2.75, 3.05) is 13.2 Å². The van der Waals surface area contributed by atoms with Crippen molar-refractivity contribution < 1.29 is 9.53 Å². The highest BCUT2D eigenvalue weighted by atomic mass is 16.5. The van der Waals surface area contributed by atoms with Gasteiger partial charge in [0.2, 0.25) is 0 Å². The molecule has 0 spiro atoms. The third kappa shape index (κ3) is 2.68. The van der Waals surface area contributed by atoms with Crippen molar-refractivity contribution in [2.45, 2.75) is 32.4 Å². The zero-order valence-electron chi connectivity index (χ0n) is 10.8. The quantitative estimate of drug-likeness (QED) is 0.856. The molecule has 0 bridgehead atoms. The van der Waals surface area contributed by atoms with Crippen LogP contribution in [-0.4, -0.2) is 34.1 Å². The van der Waals surface area contributed by atoms with Gasteiger partial charge in [-0.2, -0.15) is 0 Å². The molecule has 0 atom stereocenters. The van der Waals surface area contributed by atoms with Gasteiger partial charge in [0, 0.05) is 31.4 Å². The number of rotatable bonds is 2. The van der Waals surface area contributed by atoms with Crippen molar-refractivity contribution in [1.82, 2.24) is 14.9 Å². The molecule has 102 valence electrons. The van der Waals surface area contributed by atoms with Crippen LogP contribution in [0.4, 0.5) is 4.79 Å². The van der Waals surface area contributed by atoms with Crippen LogP contribution in [0.1, 0.15) is 29.9 Å². The molecule has 6 nitrogen and oxygen atoms in total. The molecule has 1 saturated heterocycles. The first-order valence-electron chi connectivity index (χ1n) is 6.68. The lowest BCUT2D eigenvalue weighted by molar-refractivity contribution is 0.0659. The van der Waals surface area contributed by atoms with Gasteiger partial charge in [0.25, 0.3) is 0 Å². The lowest BCUT2D eigenvalue weighted by Crippen LogP contribution is -2.30. The molecule has 19 heavy (non-hydrogen) atoms. The van der Waals surface area contributed by atoms with E-state index >= 15 is 0 Å². The number of primary amides is 1. The summed E-state index contributed by atoms with van der Waals surface area (Å²) in [4.78, 5) is 21.7. The summed E-state index contributed by atoms with van der Waals surface area (Å²) in [6, 6.07) is -0.399. The molecule has 2 amide bonds. The maximum atomic E-state index is 11.2. The Labute approximate surface area is 112 Å². The second kappa shape index (κ2) is 5.13. The molecule has 0 radical (unpaired) electrons. The van der Waals surface area contributed by atoms with E-state index in [2.05, 4.69) is 9.97 Å². The minimum Gasteiger partial charge on any atom is -0.381 e. The summed E-state index contributed by atoms with van der Waals surface area (Å²) in [5.74, 6) is 1.48. The molecular formula is C13H18N4O2. The van der Waals surface area contributed by atoms with Crippen LogP contribution >= 0.6 is 0 Å². The molecule has 0 unspecified atom stereocenters. The molecule has 6 heteroatoms. The van der Waals surface area contributed by atoms with E-state index in [1.807, 2.05) is 6.20 Å². The number of carbonyl (C=O) groups excluding carboxylic acids is 1. The molecule has 1 fully saturated rings. The second-order valence-corrected chi connectivity index (χ2v) is 5.21. The van der Waals surface area contributed by atoms with Crippen LogP contribution in [0.3, 0.4) is 0 Å². The van der Waals surface area contributed by atoms with Gasteiger partial charge in [0.15, 0.2) is 0 Å². The number of hydrogen-bond acceptors (Lipinski definition) is 4. The monoisotopic (exact) mass is 262 g/mol. The molecule has 3 rings (SSSR count). The van der Waals surface area contributed by atoms with Crippen LogP contribution < -0.4 is 5.73 Å². The fourth-order valence-corrected chi connectivity index (χ4v) is 2.66. The standard InChI is InChI=1S/C13H18N4O2/c14-13(18)17-7-10-6-15-12(16-11(10)8-17)5-9-1-3-19-4-2-9/h6,9H,1-5,7-8H2,(H2,14,18). The summed E-state index contributed by atoms with van der Waals surface area (Å²) in [6.07, 6.45) is 4.88. The van der Waals surface area contributed by atoms with Gasteiger partial charge in [-0.25, -0.2) is 14.8 Å². The molecule has 3 heterocycles. The SMILES string of the molecule is NC(=O)N1Cc2cnc(CC3CCOCC3)nc2C1. The van der Waals surface area contributed by atoms with Gasteiger partial charge in [-0.15, -0.1) is 0 Å². The second-order valence-electron chi connectivity index (χ2n) is 5.21. The summed E-state index contributed by atoms with van der Waals surface area (Å²) in [5, 5.41) is 0. The number of ether oxygens (including phenoxy) is 1. The van der Waals surface area contributed by atoms with Crippen LogP contribution in [-0.2, 0) is 24.2 Å². The van der Waals surface area contributed by atoms with Gasteiger partial charge in [-0.3, -0.25) is 0 Å². The predicted molar refractivity (Wildman–Crippen MR) is 68.1 cm³/mol. The van der Waals surface area contributed by atoms with Gasteiger partial charge < -0.3 is 15.4 Å². The minimum atomic E-state index is -0.399. The molecule has 0 saturated carbocycles. The normalized spacial score (nSPS) is 19.5. The van der Waals surface area contributed by atoms with Gasteiger partial charge in [0.05, 0.1) is 18.8 Å². The van der Waals surface area contributed by atoms with Gasteiger partial charge in [-0.05, 0) is 18.8 Å². The topological polar surface area (TPSA) is 81.3 Å².